The maximum atomic E-state index is 13.1. The summed E-state index contributed by atoms with van der Waals surface area (Å²) in [5.41, 5.74) is 1.35. The summed E-state index contributed by atoms with van der Waals surface area (Å²) in [5, 5.41) is 0. The fourth-order valence-electron chi connectivity index (χ4n) is 2.21. The van der Waals surface area contributed by atoms with Crippen molar-refractivity contribution >= 4 is 10.0 Å². The number of sulfonamides is 1. The Morgan fingerprint density at radius 3 is 2.48 bits per heavy atom. The van der Waals surface area contributed by atoms with Gasteiger partial charge in [0.25, 0.3) is 0 Å². The summed E-state index contributed by atoms with van der Waals surface area (Å²) in [4.78, 5) is 0.0710. The average molecular weight is 337 g/mol. The Morgan fingerprint density at radius 1 is 1.13 bits per heavy atom. The lowest BCUT2D eigenvalue weighted by Crippen LogP contribution is -2.37. The number of aryl methyl sites for hydroxylation is 2. The molecule has 0 aromatic heterocycles. The third kappa shape index (κ3) is 4.53. The predicted molar refractivity (Wildman–Crippen MR) is 87.6 cm³/mol. The standard InChI is InChI=1S/C17H20FNO3S/c1-12-6-4-5-7-16(12)22-11-14(3)19-23(20,21)17-9-8-15(18)10-13(17)2/h4-10,14,19H,11H2,1-3H3/t14-/m1/s1. The maximum absolute atomic E-state index is 13.1. The third-order valence-electron chi connectivity index (χ3n) is 3.37. The molecule has 2 rings (SSSR count). The van der Waals surface area contributed by atoms with Crippen LogP contribution >= 0.6 is 0 Å². The van der Waals surface area contributed by atoms with E-state index in [1.807, 2.05) is 31.2 Å². The second-order valence-electron chi connectivity index (χ2n) is 5.51. The van der Waals surface area contributed by atoms with Gasteiger partial charge in [-0.15, -0.1) is 0 Å². The van der Waals surface area contributed by atoms with Gasteiger partial charge in [-0.25, -0.2) is 17.5 Å². The van der Waals surface area contributed by atoms with Gasteiger partial charge in [-0.2, -0.15) is 0 Å². The lowest BCUT2D eigenvalue weighted by Gasteiger charge is -2.17. The van der Waals surface area contributed by atoms with Gasteiger partial charge in [-0.1, -0.05) is 18.2 Å². The van der Waals surface area contributed by atoms with Gasteiger partial charge in [-0.05, 0) is 56.2 Å². The van der Waals surface area contributed by atoms with Crippen molar-refractivity contribution in [2.45, 2.75) is 31.7 Å². The van der Waals surface area contributed by atoms with Crippen molar-refractivity contribution in [3.63, 3.8) is 0 Å². The van der Waals surface area contributed by atoms with Crippen LogP contribution in [0.25, 0.3) is 0 Å². The van der Waals surface area contributed by atoms with Gasteiger partial charge in [0.15, 0.2) is 0 Å². The van der Waals surface area contributed by atoms with Gasteiger partial charge >= 0.3 is 0 Å². The van der Waals surface area contributed by atoms with E-state index in [9.17, 15) is 12.8 Å². The minimum Gasteiger partial charge on any atom is -0.492 e. The molecule has 4 nitrogen and oxygen atoms in total. The van der Waals surface area contributed by atoms with Crippen molar-refractivity contribution in [2.75, 3.05) is 6.61 Å². The SMILES string of the molecule is Cc1ccccc1OC[C@@H](C)NS(=O)(=O)c1ccc(F)cc1C. The first kappa shape index (κ1) is 17.4. The summed E-state index contributed by atoms with van der Waals surface area (Å²) in [6.07, 6.45) is 0. The van der Waals surface area contributed by atoms with Crippen LogP contribution in [0.15, 0.2) is 47.4 Å². The average Bonchev–Trinajstić information content (AvgIpc) is 2.45. The molecule has 6 heteroatoms. The summed E-state index contributed by atoms with van der Waals surface area (Å²) in [7, 11) is -3.72. The molecule has 0 aliphatic carbocycles. The first-order valence-corrected chi connectivity index (χ1v) is 8.75. The van der Waals surface area contributed by atoms with E-state index in [2.05, 4.69) is 4.72 Å². The van der Waals surface area contributed by atoms with Crippen LogP contribution in [0.1, 0.15) is 18.1 Å². The molecular formula is C17H20FNO3S. The zero-order valence-corrected chi connectivity index (χ0v) is 14.2. The molecule has 0 radical (unpaired) electrons. The number of nitrogens with one attached hydrogen (secondary N) is 1. The molecule has 1 atom stereocenters. The molecular weight excluding hydrogens is 317 g/mol. The largest absolute Gasteiger partial charge is 0.492 e. The number of hydrogen-bond acceptors (Lipinski definition) is 3. The Hall–Kier alpha value is -1.92. The van der Waals surface area contributed by atoms with E-state index in [1.54, 1.807) is 13.8 Å². The van der Waals surface area contributed by atoms with Crippen LogP contribution in [0, 0.1) is 19.7 Å². The molecule has 0 fully saturated rings. The maximum Gasteiger partial charge on any atom is 0.241 e. The highest BCUT2D eigenvalue weighted by Crippen LogP contribution is 2.18. The molecule has 0 saturated heterocycles. The second kappa shape index (κ2) is 7.10. The Morgan fingerprint density at radius 2 is 1.83 bits per heavy atom. The van der Waals surface area contributed by atoms with Gasteiger partial charge in [-0.3, -0.25) is 0 Å². The first-order chi connectivity index (χ1) is 10.8. The monoisotopic (exact) mass is 337 g/mol. The molecule has 0 spiro atoms. The van der Waals surface area contributed by atoms with Crippen molar-refractivity contribution in [1.82, 2.24) is 4.72 Å². The topological polar surface area (TPSA) is 55.4 Å². The van der Waals surface area contributed by atoms with Crippen molar-refractivity contribution in [1.29, 1.82) is 0 Å². The number of rotatable bonds is 6. The quantitative estimate of drug-likeness (QED) is 0.881. The highest BCUT2D eigenvalue weighted by Gasteiger charge is 2.20. The zero-order valence-electron chi connectivity index (χ0n) is 13.3. The summed E-state index contributed by atoms with van der Waals surface area (Å²) in [5.74, 6) is 0.258. The van der Waals surface area contributed by atoms with Crippen LogP contribution in [-0.4, -0.2) is 21.1 Å². The van der Waals surface area contributed by atoms with Crippen LogP contribution in [0.2, 0.25) is 0 Å². The van der Waals surface area contributed by atoms with Crippen LogP contribution in [-0.2, 0) is 10.0 Å². The Kier molecular flexibility index (Phi) is 5.38. The van der Waals surface area contributed by atoms with Crippen LogP contribution in [0.3, 0.4) is 0 Å². The predicted octanol–water partition coefficient (Wildman–Crippen LogP) is 3.19. The summed E-state index contributed by atoms with van der Waals surface area (Å²) in [6, 6.07) is 10.7. The normalized spacial score (nSPS) is 12.9. The van der Waals surface area contributed by atoms with Gasteiger partial charge < -0.3 is 4.74 Å². The molecule has 0 aliphatic heterocycles. The second-order valence-corrected chi connectivity index (χ2v) is 7.19. The molecule has 0 aliphatic rings. The minimum atomic E-state index is -3.72. The molecule has 23 heavy (non-hydrogen) atoms. The van der Waals surface area contributed by atoms with Crippen LogP contribution in [0.4, 0.5) is 4.39 Å². The Balaban J connectivity index is 2.04. The first-order valence-electron chi connectivity index (χ1n) is 7.26. The number of hydrogen-bond donors (Lipinski definition) is 1. The lowest BCUT2D eigenvalue weighted by atomic mass is 10.2. The van der Waals surface area contributed by atoms with E-state index in [0.29, 0.717) is 5.56 Å². The number of ether oxygens (including phenoxy) is 1. The van der Waals surface area contributed by atoms with E-state index in [4.69, 9.17) is 4.74 Å². The fraction of sp³-hybridized carbons (Fsp3) is 0.294. The molecule has 0 amide bonds. The molecule has 2 aromatic rings. The summed E-state index contributed by atoms with van der Waals surface area (Å²) in [6.45, 7) is 5.40. The van der Waals surface area contributed by atoms with Crippen molar-refractivity contribution in [3.05, 3.63) is 59.4 Å². The van der Waals surface area contributed by atoms with Gasteiger partial charge in [0.2, 0.25) is 10.0 Å². The molecule has 0 saturated carbocycles. The fourth-order valence-corrected chi connectivity index (χ4v) is 3.66. The molecule has 0 heterocycles. The highest BCUT2D eigenvalue weighted by molar-refractivity contribution is 7.89. The van der Waals surface area contributed by atoms with Crippen molar-refractivity contribution in [3.8, 4) is 5.75 Å². The minimum absolute atomic E-state index is 0.0710. The summed E-state index contributed by atoms with van der Waals surface area (Å²) >= 11 is 0. The lowest BCUT2D eigenvalue weighted by molar-refractivity contribution is 0.285. The van der Waals surface area contributed by atoms with Crippen LogP contribution < -0.4 is 9.46 Å². The van der Waals surface area contributed by atoms with Gasteiger partial charge in [0, 0.05) is 0 Å². The van der Waals surface area contributed by atoms with Crippen molar-refractivity contribution < 1.29 is 17.5 Å². The van der Waals surface area contributed by atoms with E-state index in [0.717, 1.165) is 17.4 Å². The number of benzene rings is 2. The van der Waals surface area contributed by atoms with Gasteiger partial charge in [0.05, 0.1) is 10.9 Å². The number of halogens is 1. The van der Waals surface area contributed by atoms with E-state index >= 15 is 0 Å². The van der Waals surface area contributed by atoms with E-state index < -0.39 is 21.9 Å². The molecule has 1 N–H and O–H groups in total. The van der Waals surface area contributed by atoms with Crippen LogP contribution in [0.5, 0.6) is 5.75 Å². The van der Waals surface area contributed by atoms with Gasteiger partial charge in [0.1, 0.15) is 18.2 Å². The van der Waals surface area contributed by atoms with E-state index in [1.165, 1.54) is 12.1 Å². The molecule has 124 valence electrons. The molecule has 0 bridgehead atoms. The van der Waals surface area contributed by atoms with Crippen molar-refractivity contribution in [2.24, 2.45) is 0 Å². The van der Waals surface area contributed by atoms with E-state index in [-0.39, 0.29) is 11.5 Å². The highest BCUT2D eigenvalue weighted by atomic mass is 32.2. The molecule has 0 unspecified atom stereocenters. The Labute approximate surface area is 136 Å². The third-order valence-corrected chi connectivity index (χ3v) is 5.12. The Bertz CT molecular complexity index is 790. The molecule has 2 aromatic carbocycles. The number of para-hydroxylation sites is 1. The zero-order chi connectivity index (χ0) is 17.0. The smallest absolute Gasteiger partial charge is 0.241 e. The summed E-state index contributed by atoms with van der Waals surface area (Å²) < 4.78 is 46.0.